The maximum absolute atomic E-state index is 11.7. The molecule has 0 saturated heterocycles. The molecular formula is C10H12N4OS2. The van der Waals surface area contributed by atoms with Crippen molar-refractivity contribution in [3.8, 4) is 0 Å². The molecule has 0 bridgehead atoms. The first kappa shape index (κ1) is 12.4. The van der Waals surface area contributed by atoms with Crippen molar-refractivity contribution < 1.29 is 0 Å². The van der Waals surface area contributed by atoms with Crippen LogP contribution in [0.5, 0.6) is 0 Å². The molecule has 90 valence electrons. The Morgan fingerprint density at radius 3 is 2.71 bits per heavy atom. The van der Waals surface area contributed by atoms with E-state index in [1.807, 2.05) is 13.8 Å². The maximum Gasteiger partial charge on any atom is 0.262 e. The zero-order chi connectivity index (χ0) is 12.3. The summed E-state index contributed by atoms with van der Waals surface area (Å²) in [5.41, 5.74) is 0.287. The quantitative estimate of drug-likeness (QED) is 0.675. The van der Waals surface area contributed by atoms with Gasteiger partial charge in [-0.2, -0.15) is 0 Å². The van der Waals surface area contributed by atoms with Crippen molar-refractivity contribution in [3.05, 3.63) is 16.6 Å². The van der Waals surface area contributed by atoms with E-state index < -0.39 is 0 Å². The first-order valence-electron chi connectivity index (χ1n) is 5.27. The lowest BCUT2D eigenvalue weighted by Gasteiger charge is -2.01. The molecule has 0 radical (unpaired) electrons. The number of thioether (sulfide) groups is 2. The minimum atomic E-state index is -0.181. The number of H-pyrrole nitrogens is 1. The van der Waals surface area contributed by atoms with Gasteiger partial charge in [-0.25, -0.2) is 15.0 Å². The second kappa shape index (κ2) is 5.50. The Bertz CT molecular complexity index is 579. The number of hydrogen-bond donors (Lipinski definition) is 1. The number of nitrogens with zero attached hydrogens (tertiary/aromatic N) is 3. The van der Waals surface area contributed by atoms with E-state index in [-0.39, 0.29) is 5.56 Å². The standard InChI is InChI=1S/C10H12N4OS2/c1-3-16-9-11-5-6-7(12-9)13-10(17-4-2)14-8(6)15/h5H,3-4H2,1-2H3,(H,11,12,13,14,15). The van der Waals surface area contributed by atoms with E-state index in [1.165, 1.54) is 29.7 Å². The lowest BCUT2D eigenvalue weighted by atomic mass is 10.4. The van der Waals surface area contributed by atoms with Crippen molar-refractivity contribution in [2.24, 2.45) is 0 Å². The maximum atomic E-state index is 11.7. The summed E-state index contributed by atoms with van der Waals surface area (Å²) < 4.78 is 0. The Balaban J connectivity index is 2.54. The first-order chi connectivity index (χ1) is 8.24. The van der Waals surface area contributed by atoms with E-state index in [4.69, 9.17) is 0 Å². The summed E-state index contributed by atoms with van der Waals surface area (Å²) >= 11 is 3.02. The molecule has 0 aliphatic heterocycles. The average Bonchev–Trinajstić information content (AvgIpc) is 2.29. The van der Waals surface area contributed by atoms with Crippen LogP contribution >= 0.6 is 23.5 Å². The molecule has 2 heterocycles. The summed E-state index contributed by atoms with van der Waals surface area (Å²) in [4.78, 5) is 27.2. The SMILES string of the molecule is CCSc1ncc2c(=O)[nH]c(SCC)nc2n1. The number of nitrogens with one attached hydrogen (secondary N) is 1. The molecule has 0 amide bonds. The summed E-state index contributed by atoms with van der Waals surface area (Å²) in [6.07, 6.45) is 1.53. The molecule has 2 rings (SSSR count). The van der Waals surface area contributed by atoms with Gasteiger partial charge >= 0.3 is 0 Å². The van der Waals surface area contributed by atoms with Gasteiger partial charge in [0.15, 0.2) is 16.0 Å². The Kier molecular flexibility index (Phi) is 4.01. The third-order valence-electron chi connectivity index (χ3n) is 1.97. The summed E-state index contributed by atoms with van der Waals surface area (Å²) in [5.74, 6) is 1.75. The van der Waals surface area contributed by atoms with Crippen LogP contribution in [-0.4, -0.2) is 31.4 Å². The Hall–Kier alpha value is -1.08. The van der Waals surface area contributed by atoms with Crippen molar-refractivity contribution in [1.29, 1.82) is 0 Å². The normalized spacial score (nSPS) is 10.9. The van der Waals surface area contributed by atoms with Gasteiger partial charge in [0.05, 0.1) is 0 Å². The minimum Gasteiger partial charge on any atom is -0.301 e. The molecule has 1 N–H and O–H groups in total. The molecule has 0 aromatic carbocycles. The van der Waals surface area contributed by atoms with Crippen molar-refractivity contribution in [1.82, 2.24) is 19.9 Å². The summed E-state index contributed by atoms with van der Waals surface area (Å²) in [6.45, 7) is 4.04. The molecule has 0 saturated carbocycles. The van der Waals surface area contributed by atoms with Crippen molar-refractivity contribution in [2.75, 3.05) is 11.5 Å². The van der Waals surface area contributed by atoms with Crippen molar-refractivity contribution in [2.45, 2.75) is 24.2 Å². The molecule has 0 unspecified atom stereocenters. The minimum absolute atomic E-state index is 0.181. The fraction of sp³-hybridized carbons (Fsp3) is 0.400. The van der Waals surface area contributed by atoms with Gasteiger partial charge in [-0.1, -0.05) is 37.4 Å². The van der Waals surface area contributed by atoms with Gasteiger partial charge in [0, 0.05) is 6.20 Å². The molecule has 0 aliphatic rings. The first-order valence-corrected chi connectivity index (χ1v) is 7.24. The zero-order valence-corrected chi connectivity index (χ0v) is 11.2. The lowest BCUT2D eigenvalue weighted by Crippen LogP contribution is -2.11. The molecule has 0 fully saturated rings. The largest absolute Gasteiger partial charge is 0.301 e. The van der Waals surface area contributed by atoms with Crippen molar-refractivity contribution in [3.63, 3.8) is 0 Å². The van der Waals surface area contributed by atoms with Gasteiger partial charge < -0.3 is 4.98 Å². The summed E-state index contributed by atoms with van der Waals surface area (Å²) in [7, 11) is 0. The average molecular weight is 268 g/mol. The fourth-order valence-electron chi connectivity index (χ4n) is 1.29. The molecule has 0 spiro atoms. The van der Waals surface area contributed by atoms with E-state index in [2.05, 4.69) is 19.9 Å². The molecule has 0 atom stereocenters. The highest BCUT2D eigenvalue weighted by Gasteiger charge is 2.07. The van der Waals surface area contributed by atoms with Crippen LogP contribution in [0.15, 0.2) is 21.3 Å². The van der Waals surface area contributed by atoms with Gasteiger partial charge in [-0.3, -0.25) is 4.79 Å². The number of aromatic nitrogens is 4. The van der Waals surface area contributed by atoms with Gasteiger partial charge in [0.1, 0.15) is 5.39 Å². The number of aromatic amines is 1. The smallest absolute Gasteiger partial charge is 0.262 e. The number of hydrogen-bond acceptors (Lipinski definition) is 6. The molecule has 5 nitrogen and oxygen atoms in total. The van der Waals surface area contributed by atoms with Crippen LogP contribution in [0.4, 0.5) is 0 Å². The van der Waals surface area contributed by atoms with E-state index in [1.54, 1.807) is 0 Å². The van der Waals surface area contributed by atoms with Crippen LogP contribution in [0, 0.1) is 0 Å². The van der Waals surface area contributed by atoms with E-state index in [0.717, 1.165) is 11.5 Å². The molecule has 2 aromatic heterocycles. The van der Waals surface area contributed by atoms with Gasteiger partial charge in [-0.05, 0) is 11.5 Å². The van der Waals surface area contributed by atoms with Crippen LogP contribution in [0.1, 0.15) is 13.8 Å². The van der Waals surface area contributed by atoms with Gasteiger partial charge in [0.25, 0.3) is 5.56 Å². The van der Waals surface area contributed by atoms with Crippen LogP contribution in [-0.2, 0) is 0 Å². The van der Waals surface area contributed by atoms with E-state index in [0.29, 0.717) is 21.3 Å². The van der Waals surface area contributed by atoms with Crippen LogP contribution in [0.2, 0.25) is 0 Å². The van der Waals surface area contributed by atoms with E-state index >= 15 is 0 Å². The predicted octanol–water partition coefficient (Wildman–Crippen LogP) is 1.94. The molecular weight excluding hydrogens is 256 g/mol. The lowest BCUT2D eigenvalue weighted by molar-refractivity contribution is 0.918. The third kappa shape index (κ3) is 2.78. The monoisotopic (exact) mass is 268 g/mol. The Morgan fingerprint density at radius 1 is 1.24 bits per heavy atom. The summed E-state index contributed by atoms with van der Waals surface area (Å²) in [6, 6.07) is 0. The third-order valence-corrected chi connectivity index (χ3v) is 3.47. The molecule has 2 aromatic rings. The number of fused-ring (bicyclic) bond motifs is 1. The van der Waals surface area contributed by atoms with Crippen molar-refractivity contribution >= 4 is 34.6 Å². The fourth-order valence-corrected chi connectivity index (χ4v) is 2.42. The van der Waals surface area contributed by atoms with Crippen LogP contribution in [0.25, 0.3) is 11.0 Å². The second-order valence-electron chi connectivity index (χ2n) is 3.13. The number of rotatable bonds is 4. The molecule has 0 aliphatic carbocycles. The highest BCUT2D eigenvalue weighted by atomic mass is 32.2. The second-order valence-corrected chi connectivity index (χ2v) is 5.61. The van der Waals surface area contributed by atoms with Crippen LogP contribution < -0.4 is 5.56 Å². The topological polar surface area (TPSA) is 71.5 Å². The zero-order valence-electron chi connectivity index (χ0n) is 9.56. The highest BCUT2D eigenvalue weighted by Crippen LogP contribution is 2.16. The van der Waals surface area contributed by atoms with Crippen LogP contribution in [0.3, 0.4) is 0 Å². The summed E-state index contributed by atoms with van der Waals surface area (Å²) in [5, 5.41) is 1.70. The van der Waals surface area contributed by atoms with Gasteiger partial charge in [-0.15, -0.1) is 0 Å². The van der Waals surface area contributed by atoms with E-state index in [9.17, 15) is 4.79 Å². The molecule has 17 heavy (non-hydrogen) atoms. The highest BCUT2D eigenvalue weighted by molar-refractivity contribution is 7.99. The van der Waals surface area contributed by atoms with Gasteiger partial charge in [0.2, 0.25) is 0 Å². The molecule has 7 heteroatoms. The predicted molar refractivity (Wildman–Crippen MR) is 70.7 cm³/mol. The Labute approximate surface area is 107 Å². The Morgan fingerprint density at radius 2 is 2.00 bits per heavy atom.